The van der Waals surface area contributed by atoms with Crippen LogP contribution >= 0.6 is 0 Å². The standard InChI is InChI=1S/C21H32N2O8S/c1-20(2,3)30-17(24)13-12-16(18(25)31-21(4,5)6)22-32(27,28)23-19(26)29-14-15-10-8-7-9-11-15/h7-11,16,22H,12-14H2,1-6H3,(H,23,26). The Morgan fingerprint density at radius 2 is 1.50 bits per heavy atom. The lowest BCUT2D eigenvalue weighted by Crippen LogP contribution is -2.50. The number of carbonyl (C=O) groups is 3. The molecule has 0 aromatic heterocycles. The van der Waals surface area contributed by atoms with Crippen LogP contribution in [0.1, 0.15) is 59.9 Å². The third-order valence-corrected chi connectivity index (χ3v) is 4.51. The smallest absolute Gasteiger partial charge is 0.422 e. The highest BCUT2D eigenvalue weighted by Gasteiger charge is 2.31. The van der Waals surface area contributed by atoms with E-state index < -0.39 is 45.5 Å². The first-order chi connectivity index (χ1) is 14.6. The lowest BCUT2D eigenvalue weighted by molar-refractivity contribution is -0.158. The number of benzene rings is 1. The second-order valence-electron chi connectivity index (χ2n) is 9.00. The molecule has 10 nitrogen and oxygen atoms in total. The molecule has 1 rings (SSSR count). The van der Waals surface area contributed by atoms with Crippen LogP contribution in [0.3, 0.4) is 0 Å². The van der Waals surface area contributed by atoms with E-state index in [0.717, 1.165) is 0 Å². The maximum Gasteiger partial charge on any atom is 0.422 e. The van der Waals surface area contributed by atoms with Gasteiger partial charge < -0.3 is 14.2 Å². The summed E-state index contributed by atoms with van der Waals surface area (Å²) in [6.07, 6.45) is -1.71. The zero-order valence-electron chi connectivity index (χ0n) is 19.3. The van der Waals surface area contributed by atoms with Crippen LogP contribution in [0.5, 0.6) is 0 Å². The topological polar surface area (TPSA) is 137 Å². The summed E-state index contributed by atoms with van der Waals surface area (Å²) in [6, 6.07) is 7.24. The highest BCUT2D eigenvalue weighted by atomic mass is 32.2. The molecular formula is C21H32N2O8S. The second kappa shape index (κ2) is 11.3. The Balaban J connectivity index is 2.78. The largest absolute Gasteiger partial charge is 0.460 e. The zero-order valence-corrected chi connectivity index (χ0v) is 20.1. The molecule has 2 N–H and O–H groups in total. The molecule has 0 saturated carbocycles. The van der Waals surface area contributed by atoms with Crippen molar-refractivity contribution in [3.63, 3.8) is 0 Å². The normalized spacial score (nSPS) is 13.1. The summed E-state index contributed by atoms with van der Waals surface area (Å²) < 4.78 is 43.7. The molecule has 1 unspecified atom stereocenters. The average molecular weight is 473 g/mol. The first kappa shape index (κ1) is 27.4. The summed E-state index contributed by atoms with van der Waals surface area (Å²) >= 11 is 0. The lowest BCUT2D eigenvalue weighted by Gasteiger charge is -2.25. The van der Waals surface area contributed by atoms with Crippen molar-refractivity contribution in [2.24, 2.45) is 0 Å². The summed E-state index contributed by atoms with van der Waals surface area (Å²) in [6.45, 7) is 9.75. The number of carbonyl (C=O) groups excluding carboxylic acids is 3. The molecule has 0 fully saturated rings. The van der Waals surface area contributed by atoms with E-state index in [2.05, 4.69) is 0 Å². The van der Waals surface area contributed by atoms with Gasteiger partial charge >= 0.3 is 28.2 Å². The van der Waals surface area contributed by atoms with E-state index in [9.17, 15) is 22.8 Å². The minimum Gasteiger partial charge on any atom is -0.460 e. The maximum absolute atomic E-state index is 12.5. The predicted octanol–water partition coefficient (Wildman–Crippen LogP) is 2.58. The SMILES string of the molecule is CC(C)(C)OC(=O)CCC(NS(=O)(=O)NC(=O)OCc1ccccc1)C(=O)OC(C)(C)C. The van der Waals surface area contributed by atoms with Gasteiger partial charge in [0.2, 0.25) is 0 Å². The molecule has 1 atom stereocenters. The molecule has 1 amide bonds. The Hall–Kier alpha value is -2.66. The van der Waals surface area contributed by atoms with Crippen LogP contribution in [0.2, 0.25) is 0 Å². The van der Waals surface area contributed by atoms with Crippen molar-refractivity contribution < 1.29 is 37.0 Å². The first-order valence-electron chi connectivity index (χ1n) is 10.0. The third kappa shape index (κ3) is 12.3. The Kier molecular flexibility index (Phi) is 9.65. The van der Waals surface area contributed by atoms with E-state index in [1.807, 2.05) is 4.72 Å². The van der Waals surface area contributed by atoms with E-state index in [4.69, 9.17) is 14.2 Å². The monoisotopic (exact) mass is 472 g/mol. The Bertz CT molecular complexity index is 887. The van der Waals surface area contributed by atoms with Gasteiger partial charge in [0.25, 0.3) is 0 Å². The van der Waals surface area contributed by atoms with Crippen molar-refractivity contribution in [2.75, 3.05) is 0 Å². The Labute approximate surface area is 189 Å². The Morgan fingerprint density at radius 1 is 0.938 bits per heavy atom. The molecule has 0 radical (unpaired) electrons. The summed E-state index contributed by atoms with van der Waals surface area (Å²) in [7, 11) is -4.50. The van der Waals surface area contributed by atoms with Gasteiger partial charge in [-0.05, 0) is 53.5 Å². The van der Waals surface area contributed by atoms with Gasteiger partial charge in [-0.3, -0.25) is 9.59 Å². The van der Waals surface area contributed by atoms with E-state index >= 15 is 0 Å². The summed E-state index contributed by atoms with van der Waals surface area (Å²) in [5.74, 6) is -1.51. The van der Waals surface area contributed by atoms with E-state index in [1.165, 1.54) is 0 Å². The summed E-state index contributed by atoms with van der Waals surface area (Å²) in [5.41, 5.74) is -0.964. The van der Waals surface area contributed by atoms with Gasteiger partial charge in [-0.1, -0.05) is 30.3 Å². The molecule has 32 heavy (non-hydrogen) atoms. The first-order valence-corrected chi connectivity index (χ1v) is 11.5. The Morgan fingerprint density at radius 3 is 2.03 bits per heavy atom. The third-order valence-electron chi connectivity index (χ3n) is 3.48. The van der Waals surface area contributed by atoms with E-state index in [0.29, 0.717) is 5.56 Å². The van der Waals surface area contributed by atoms with Crippen molar-refractivity contribution in [1.82, 2.24) is 9.44 Å². The van der Waals surface area contributed by atoms with Gasteiger partial charge in [0, 0.05) is 6.42 Å². The molecule has 0 aliphatic rings. The highest BCUT2D eigenvalue weighted by Crippen LogP contribution is 2.14. The van der Waals surface area contributed by atoms with Crippen molar-refractivity contribution in [1.29, 1.82) is 0 Å². The fourth-order valence-electron chi connectivity index (χ4n) is 2.33. The average Bonchev–Trinajstić information content (AvgIpc) is 2.61. The quantitative estimate of drug-likeness (QED) is 0.413. The van der Waals surface area contributed by atoms with Crippen molar-refractivity contribution in [2.45, 2.75) is 78.2 Å². The van der Waals surface area contributed by atoms with Crippen LogP contribution in [0, 0.1) is 0 Å². The van der Waals surface area contributed by atoms with Gasteiger partial charge in [0.15, 0.2) is 0 Å². The number of hydrogen-bond donors (Lipinski definition) is 2. The van der Waals surface area contributed by atoms with E-state index in [-0.39, 0.29) is 19.4 Å². The van der Waals surface area contributed by atoms with E-state index in [1.54, 1.807) is 76.6 Å². The number of ether oxygens (including phenoxy) is 3. The molecule has 1 aromatic rings. The molecule has 1 aromatic carbocycles. The minimum absolute atomic E-state index is 0.143. The number of rotatable bonds is 9. The second-order valence-corrected chi connectivity index (χ2v) is 10.4. The molecular weight excluding hydrogens is 440 g/mol. The van der Waals surface area contributed by atoms with Crippen molar-refractivity contribution in [3.05, 3.63) is 35.9 Å². The number of hydrogen-bond acceptors (Lipinski definition) is 8. The molecule has 180 valence electrons. The lowest BCUT2D eigenvalue weighted by atomic mass is 10.1. The van der Waals surface area contributed by atoms with Gasteiger partial charge in [-0.2, -0.15) is 13.1 Å². The molecule has 0 aliphatic heterocycles. The fourth-order valence-corrected chi connectivity index (χ4v) is 3.26. The molecule has 0 saturated heterocycles. The van der Waals surface area contributed by atoms with Crippen LogP contribution in [0.15, 0.2) is 30.3 Å². The molecule has 0 spiro atoms. The molecule has 0 aliphatic carbocycles. The van der Waals surface area contributed by atoms with Crippen LogP contribution in [0.25, 0.3) is 0 Å². The van der Waals surface area contributed by atoms with Crippen LogP contribution in [0.4, 0.5) is 4.79 Å². The number of nitrogens with one attached hydrogen (secondary N) is 2. The molecule has 0 bridgehead atoms. The van der Waals surface area contributed by atoms with Gasteiger partial charge in [0.05, 0.1) is 0 Å². The number of amides is 1. The van der Waals surface area contributed by atoms with Crippen molar-refractivity contribution in [3.8, 4) is 0 Å². The van der Waals surface area contributed by atoms with Gasteiger partial charge in [-0.25, -0.2) is 9.52 Å². The van der Waals surface area contributed by atoms with Gasteiger partial charge in [-0.15, -0.1) is 0 Å². The van der Waals surface area contributed by atoms with Crippen LogP contribution < -0.4 is 9.44 Å². The summed E-state index contributed by atoms with van der Waals surface area (Å²) in [5, 5.41) is 0. The van der Waals surface area contributed by atoms with Crippen LogP contribution in [-0.2, 0) is 40.6 Å². The highest BCUT2D eigenvalue weighted by molar-refractivity contribution is 7.88. The number of esters is 2. The fraction of sp³-hybridized carbons (Fsp3) is 0.571. The predicted molar refractivity (Wildman–Crippen MR) is 117 cm³/mol. The van der Waals surface area contributed by atoms with Gasteiger partial charge in [0.1, 0.15) is 23.9 Å². The minimum atomic E-state index is -4.50. The molecule has 0 heterocycles. The van der Waals surface area contributed by atoms with Crippen LogP contribution in [-0.4, -0.2) is 43.7 Å². The van der Waals surface area contributed by atoms with Crippen molar-refractivity contribution >= 4 is 28.2 Å². The zero-order chi connectivity index (χ0) is 24.6. The maximum atomic E-state index is 12.5. The summed E-state index contributed by atoms with van der Waals surface area (Å²) in [4.78, 5) is 36.4. The molecule has 11 heteroatoms.